The molecule has 0 aromatic rings. The van der Waals surface area contributed by atoms with Crippen LogP contribution in [0.2, 0.25) is 0 Å². The zero-order chi connectivity index (χ0) is 14.5. The molecule has 1 saturated heterocycles. The molecule has 1 aliphatic rings. The number of carbonyl (C=O) groups excluding carboxylic acids is 2. The van der Waals surface area contributed by atoms with Crippen LogP contribution in [0, 0.1) is 0 Å². The van der Waals surface area contributed by atoms with Gasteiger partial charge in [-0.3, -0.25) is 4.79 Å². The molecule has 0 aliphatic carbocycles. The molecule has 6 nitrogen and oxygen atoms in total. The Labute approximate surface area is 114 Å². The van der Waals surface area contributed by atoms with Crippen molar-refractivity contribution >= 4 is 12.0 Å². The highest BCUT2D eigenvalue weighted by atomic mass is 16.6. The van der Waals surface area contributed by atoms with Crippen LogP contribution in [0.1, 0.15) is 40.0 Å². The van der Waals surface area contributed by atoms with E-state index in [9.17, 15) is 9.59 Å². The summed E-state index contributed by atoms with van der Waals surface area (Å²) < 4.78 is 5.35. The van der Waals surface area contributed by atoms with Crippen LogP contribution in [-0.2, 0) is 9.53 Å². The maximum absolute atomic E-state index is 11.9. The average Bonchev–Trinajstić information content (AvgIpc) is 2.52. The van der Waals surface area contributed by atoms with Crippen molar-refractivity contribution in [3.8, 4) is 0 Å². The number of carbonyl (C=O) groups is 2. The Morgan fingerprint density at radius 3 is 2.58 bits per heavy atom. The second-order valence-corrected chi connectivity index (χ2v) is 5.87. The molecule has 1 heterocycles. The molecule has 1 rings (SSSR count). The van der Waals surface area contributed by atoms with Gasteiger partial charge in [0.05, 0.1) is 6.54 Å². The molecule has 0 radical (unpaired) electrons. The number of ether oxygens (including phenoxy) is 1. The number of likely N-dealkylation sites (tertiary alicyclic amines) is 1. The third-order valence-electron chi connectivity index (χ3n) is 2.93. The molecule has 0 aromatic heterocycles. The summed E-state index contributed by atoms with van der Waals surface area (Å²) in [5, 5.41) is 2.87. The van der Waals surface area contributed by atoms with Crippen LogP contribution in [0.5, 0.6) is 0 Å². The van der Waals surface area contributed by atoms with Crippen LogP contribution in [0.25, 0.3) is 0 Å². The zero-order valence-corrected chi connectivity index (χ0v) is 12.1. The standard InChI is InChI=1S/C13H25N3O3/c1-13(2,3)19-12(18)16-7-4-5-10(6-8-16)15-11(17)9-14/h10H,4-9,14H2,1-3H3,(H,15,17). The highest BCUT2D eigenvalue weighted by Crippen LogP contribution is 2.15. The predicted octanol–water partition coefficient (Wildman–Crippen LogP) is 0.851. The fraction of sp³-hybridized carbons (Fsp3) is 0.846. The van der Waals surface area contributed by atoms with Crippen molar-refractivity contribution < 1.29 is 14.3 Å². The second kappa shape index (κ2) is 6.75. The normalized spacial score (nSPS) is 20.6. The highest BCUT2D eigenvalue weighted by Gasteiger charge is 2.25. The van der Waals surface area contributed by atoms with Crippen molar-refractivity contribution in [3.63, 3.8) is 0 Å². The molecule has 3 N–H and O–H groups in total. The first-order valence-corrected chi connectivity index (χ1v) is 6.79. The molecule has 19 heavy (non-hydrogen) atoms. The quantitative estimate of drug-likeness (QED) is 0.780. The number of nitrogens with one attached hydrogen (secondary N) is 1. The second-order valence-electron chi connectivity index (χ2n) is 5.87. The Kier molecular flexibility index (Phi) is 5.60. The van der Waals surface area contributed by atoms with Crippen LogP contribution in [0.15, 0.2) is 0 Å². The third kappa shape index (κ3) is 5.92. The number of rotatable bonds is 2. The summed E-state index contributed by atoms with van der Waals surface area (Å²) in [6.07, 6.45) is 2.18. The monoisotopic (exact) mass is 271 g/mol. The van der Waals surface area contributed by atoms with Crippen molar-refractivity contribution in [2.75, 3.05) is 19.6 Å². The van der Waals surface area contributed by atoms with Gasteiger partial charge in [0.25, 0.3) is 0 Å². The van der Waals surface area contributed by atoms with E-state index in [4.69, 9.17) is 10.5 Å². The van der Waals surface area contributed by atoms with E-state index >= 15 is 0 Å². The van der Waals surface area contributed by atoms with Gasteiger partial charge in [0.15, 0.2) is 0 Å². The topological polar surface area (TPSA) is 84.7 Å². The van der Waals surface area contributed by atoms with Gasteiger partial charge in [-0.25, -0.2) is 4.79 Å². The van der Waals surface area contributed by atoms with Crippen LogP contribution in [0.3, 0.4) is 0 Å². The minimum Gasteiger partial charge on any atom is -0.444 e. The lowest BCUT2D eigenvalue weighted by Crippen LogP contribution is -2.40. The van der Waals surface area contributed by atoms with Crippen molar-refractivity contribution in [1.82, 2.24) is 10.2 Å². The maximum Gasteiger partial charge on any atom is 0.410 e. The third-order valence-corrected chi connectivity index (χ3v) is 2.93. The summed E-state index contributed by atoms with van der Waals surface area (Å²) in [5.74, 6) is -0.143. The molecule has 6 heteroatoms. The molecule has 110 valence electrons. The van der Waals surface area contributed by atoms with Gasteiger partial charge in [-0.2, -0.15) is 0 Å². The fourth-order valence-corrected chi connectivity index (χ4v) is 2.04. The summed E-state index contributed by atoms with van der Waals surface area (Å²) in [5.41, 5.74) is 4.80. The lowest BCUT2D eigenvalue weighted by atomic mass is 10.1. The molecular weight excluding hydrogens is 246 g/mol. The lowest BCUT2D eigenvalue weighted by molar-refractivity contribution is -0.120. The summed E-state index contributed by atoms with van der Waals surface area (Å²) in [6.45, 7) is 6.84. The van der Waals surface area contributed by atoms with Crippen LogP contribution >= 0.6 is 0 Å². The molecule has 1 atom stereocenters. The van der Waals surface area contributed by atoms with Crippen LogP contribution in [-0.4, -0.2) is 48.2 Å². The number of hydrogen-bond donors (Lipinski definition) is 2. The first-order valence-electron chi connectivity index (χ1n) is 6.79. The molecule has 1 fully saturated rings. The van der Waals surface area contributed by atoms with Gasteiger partial charge in [0.2, 0.25) is 5.91 Å². The van der Waals surface area contributed by atoms with Crippen LogP contribution < -0.4 is 11.1 Å². The van der Waals surface area contributed by atoms with Crippen molar-refractivity contribution in [3.05, 3.63) is 0 Å². The minimum atomic E-state index is -0.476. The average molecular weight is 271 g/mol. The number of nitrogens with zero attached hydrogens (tertiary/aromatic N) is 1. The largest absolute Gasteiger partial charge is 0.444 e. The summed E-state index contributed by atoms with van der Waals surface area (Å²) in [7, 11) is 0. The van der Waals surface area contributed by atoms with E-state index in [1.165, 1.54) is 0 Å². The van der Waals surface area contributed by atoms with Gasteiger partial charge in [-0.1, -0.05) is 0 Å². The number of hydrogen-bond acceptors (Lipinski definition) is 4. The lowest BCUT2D eigenvalue weighted by Gasteiger charge is -2.26. The van der Waals surface area contributed by atoms with Crippen molar-refractivity contribution in [2.45, 2.75) is 51.7 Å². The Morgan fingerprint density at radius 2 is 2.00 bits per heavy atom. The molecule has 0 saturated carbocycles. The SMILES string of the molecule is CC(C)(C)OC(=O)N1CCCC(NC(=O)CN)CC1. The van der Waals surface area contributed by atoms with E-state index < -0.39 is 5.60 Å². The van der Waals surface area contributed by atoms with Gasteiger partial charge in [-0.05, 0) is 40.0 Å². The molecule has 1 aliphatic heterocycles. The van der Waals surface area contributed by atoms with Gasteiger partial charge >= 0.3 is 6.09 Å². The van der Waals surface area contributed by atoms with E-state index in [0.717, 1.165) is 19.3 Å². The van der Waals surface area contributed by atoms with E-state index in [1.807, 2.05) is 20.8 Å². The van der Waals surface area contributed by atoms with E-state index in [0.29, 0.717) is 13.1 Å². The van der Waals surface area contributed by atoms with Crippen molar-refractivity contribution in [2.24, 2.45) is 5.73 Å². The van der Waals surface area contributed by atoms with Gasteiger partial charge < -0.3 is 20.7 Å². The molecular formula is C13H25N3O3. The molecule has 0 aromatic carbocycles. The van der Waals surface area contributed by atoms with E-state index in [2.05, 4.69) is 5.32 Å². The summed E-state index contributed by atoms with van der Waals surface area (Å²) >= 11 is 0. The molecule has 1 unspecified atom stereocenters. The van der Waals surface area contributed by atoms with Gasteiger partial charge in [-0.15, -0.1) is 0 Å². The highest BCUT2D eigenvalue weighted by molar-refractivity contribution is 5.78. The van der Waals surface area contributed by atoms with Gasteiger partial charge in [0, 0.05) is 19.1 Å². The molecule has 0 spiro atoms. The Bertz CT molecular complexity index is 326. The number of amides is 2. The van der Waals surface area contributed by atoms with Crippen LogP contribution in [0.4, 0.5) is 4.79 Å². The first-order chi connectivity index (χ1) is 8.81. The fourth-order valence-electron chi connectivity index (χ4n) is 2.04. The first kappa shape index (κ1) is 15.8. The summed E-state index contributed by atoms with van der Waals surface area (Å²) in [4.78, 5) is 24.9. The predicted molar refractivity (Wildman–Crippen MR) is 72.6 cm³/mol. The zero-order valence-electron chi connectivity index (χ0n) is 12.1. The van der Waals surface area contributed by atoms with Gasteiger partial charge in [0.1, 0.15) is 5.60 Å². The van der Waals surface area contributed by atoms with E-state index in [1.54, 1.807) is 4.90 Å². The molecule has 2 amide bonds. The maximum atomic E-state index is 11.9. The van der Waals surface area contributed by atoms with E-state index in [-0.39, 0.29) is 24.6 Å². The minimum absolute atomic E-state index is 0.00623. The Balaban J connectivity index is 2.45. The molecule has 0 bridgehead atoms. The number of nitrogens with two attached hydrogens (primary N) is 1. The summed E-state index contributed by atoms with van der Waals surface area (Å²) in [6, 6.07) is 0.100. The van der Waals surface area contributed by atoms with Crippen molar-refractivity contribution in [1.29, 1.82) is 0 Å². The smallest absolute Gasteiger partial charge is 0.410 e. The Morgan fingerprint density at radius 1 is 1.32 bits per heavy atom. The Hall–Kier alpha value is -1.30.